The van der Waals surface area contributed by atoms with Crippen LogP contribution in [-0.2, 0) is 12.6 Å². The van der Waals surface area contributed by atoms with Crippen LogP contribution in [0, 0.1) is 10.6 Å². The van der Waals surface area contributed by atoms with E-state index in [1.165, 1.54) is 4.57 Å². The van der Waals surface area contributed by atoms with Crippen LogP contribution >= 0.6 is 12.2 Å². The minimum absolute atomic E-state index is 0.162. The van der Waals surface area contributed by atoms with Crippen LogP contribution in [0.1, 0.15) is 18.2 Å². The van der Waals surface area contributed by atoms with Crippen LogP contribution in [-0.4, -0.2) is 9.55 Å². The molecule has 2 nitrogen and oxygen atoms in total. The fourth-order valence-corrected chi connectivity index (χ4v) is 2.06. The SMILES string of the molecule is CCc1c[nH]c(=S)n1-c1cc(C(F)(F)F)ccc1F. The molecule has 0 fully saturated rings. The van der Waals surface area contributed by atoms with Gasteiger partial charge in [-0.05, 0) is 36.8 Å². The van der Waals surface area contributed by atoms with E-state index in [0.717, 1.165) is 12.1 Å². The summed E-state index contributed by atoms with van der Waals surface area (Å²) >= 11 is 4.98. The van der Waals surface area contributed by atoms with E-state index in [2.05, 4.69) is 4.98 Å². The van der Waals surface area contributed by atoms with Gasteiger partial charge in [-0.2, -0.15) is 13.2 Å². The van der Waals surface area contributed by atoms with Crippen molar-refractivity contribution in [2.75, 3.05) is 0 Å². The van der Waals surface area contributed by atoms with E-state index in [1.807, 2.05) is 0 Å². The molecule has 0 unspecified atom stereocenters. The Labute approximate surface area is 111 Å². The number of alkyl halides is 3. The Hall–Kier alpha value is -1.63. The van der Waals surface area contributed by atoms with Crippen molar-refractivity contribution in [2.24, 2.45) is 0 Å². The first-order valence-electron chi connectivity index (χ1n) is 5.51. The summed E-state index contributed by atoms with van der Waals surface area (Å²) in [5.74, 6) is -0.751. The Bertz CT molecular complexity index is 654. The Morgan fingerprint density at radius 1 is 1.32 bits per heavy atom. The van der Waals surface area contributed by atoms with Gasteiger partial charge in [0.15, 0.2) is 4.77 Å². The lowest BCUT2D eigenvalue weighted by Crippen LogP contribution is -2.09. The van der Waals surface area contributed by atoms with Gasteiger partial charge >= 0.3 is 6.18 Å². The lowest BCUT2D eigenvalue weighted by Gasteiger charge is -2.12. The molecule has 0 aliphatic heterocycles. The fourth-order valence-electron chi connectivity index (χ4n) is 1.79. The first-order valence-corrected chi connectivity index (χ1v) is 5.92. The summed E-state index contributed by atoms with van der Waals surface area (Å²) in [6.07, 6.45) is -2.45. The molecule has 0 saturated carbocycles. The van der Waals surface area contributed by atoms with Crippen LogP contribution in [0.2, 0.25) is 0 Å². The molecule has 2 rings (SSSR count). The molecular formula is C12H10F4N2S. The minimum Gasteiger partial charge on any atom is -0.337 e. The van der Waals surface area contributed by atoms with Crippen molar-refractivity contribution in [1.29, 1.82) is 0 Å². The summed E-state index contributed by atoms with van der Waals surface area (Å²) in [4.78, 5) is 2.70. The third-order valence-corrected chi connectivity index (χ3v) is 3.03. The number of aromatic nitrogens is 2. The monoisotopic (exact) mass is 290 g/mol. The molecular weight excluding hydrogens is 280 g/mol. The van der Waals surface area contributed by atoms with Crippen molar-refractivity contribution in [1.82, 2.24) is 9.55 Å². The van der Waals surface area contributed by atoms with Crippen LogP contribution in [0.15, 0.2) is 24.4 Å². The van der Waals surface area contributed by atoms with Crippen molar-refractivity contribution in [3.63, 3.8) is 0 Å². The number of benzene rings is 1. The quantitative estimate of drug-likeness (QED) is 0.647. The van der Waals surface area contributed by atoms with Gasteiger partial charge in [0.25, 0.3) is 0 Å². The third-order valence-electron chi connectivity index (χ3n) is 2.73. The molecule has 0 saturated heterocycles. The predicted molar refractivity (Wildman–Crippen MR) is 65.3 cm³/mol. The van der Waals surface area contributed by atoms with Crippen molar-refractivity contribution in [3.8, 4) is 5.69 Å². The molecule has 7 heteroatoms. The Kier molecular flexibility index (Phi) is 3.49. The molecule has 102 valence electrons. The molecule has 0 atom stereocenters. The second-order valence-electron chi connectivity index (χ2n) is 3.94. The van der Waals surface area contributed by atoms with Crippen molar-refractivity contribution in [3.05, 3.63) is 46.2 Å². The predicted octanol–water partition coefficient (Wildman–Crippen LogP) is 4.26. The van der Waals surface area contributed by atoms with E-state index < -0.39 is 17.6 Å². The topological polar surface area (TPSA) is 20.7 Å². The number of halogens is 4. The van der Waals surface area contributed by atoms with E-state index >= 15 is 0 Å². The van der Waals surface area contributed by atoms with Crippen LogP contribution < -0.4 is 0 Å². The highest BCUT2D eigenvalue weighted by Gasteiger charge is 2.31. The van der Waals surface area contributed by atoms with Crippen LogP contribution in [0.3, 0.4) is 0 Å². The van der Waals surface area contributed by atoms with Gasteiger partial charge in [-0.15, -0.1) is 0 Å². The number of nitrogens with one attached hydrogen (secondary N) is 1. The second-order valence-corrected chi connectivity index (χ2v) is 4.32. The molecule has 2 aromatic rings. The van der Waals surface area contributed by atoms with Crippen molar-refractivity contribution in [2.45, 2.75) is 19.5 Å². The van der Waals surface area contributed by atoms with Gasteiger partial charge < -0.3 is 4.98 Å². The van der Waals surface area contributed by atoms with Crippen molar-refractivity contribution >= 4 is 12.2 Å². The first kappa shape index (κ1) is 13.8. The normalized spacial score (nSPS) is 11.8. The Morgan fingerprint density at radius 2 is 2.00 bits per heavy atom. The number of hydrogen-bond acceptors (Lipinski definition) is 1. The number of imidazole rings is 1. The van der Waals surface area contributed by atoms with Gasteiger partial charge in [0.05, 0.1) is 11.3 Å². The highest BCUT2D eigenvalue weighted by atomic mass is 32.1. The summed E-state index contributed by atoms with van der Waals surface area (Å²) in [7, 11) is 0. The fraction of sp³-hybridized carbons (Fsp3) is 0.250. The molecule has 1 N–H and O–H groups in total. The zero-order valence-electron chi connectivity index (χ0n) is 9.88. The lowest BCUT2D eigenvalue weighted by molar-refractivity contribution is -0.137. The zero-order chi connectivity index (χ0) is 14.2. The van der Waals surface area contributed by atoms with Gasteiger partial charge in [-0.25, -0.2) is 4.39 Å². The van der Waals surface area contributed by atoms with Gasteiger partial charge in [0.2, 0.25) is 0 Å². The third kappa shape index (κ3) is 2.56. The van der Waals surface area contributed by atoms with Crippen LogP contribution in [0.4, 0.5) is 17.6 Å². The number of H-pyrrole nitrogens is 1. The number of hydrogen-bond donors (Lipinski definition) is 1. The Balaban J connectivity index is 2.68. The maximum Gasteiger partial charge on any atom is 0.416 e. The second kappa shape index (κ2) is 4.80. The molecule has 1 aromatic heterocycles. The average Bonchev–Trinajstić information content (AvgIpc) is 2.69. The summed E-state index contributed by atoms with van der Waals surface area (Å²) in [5.41, 5.74) is -0.491. The van der Waals surface area contributed by atoms with E-state index in [-0.39, 0.29) is 10.5 Å². The summed E-state index contributed by atoms with van der Waals surface area (Å²) in [6.45, 7) is 1.81. The summed E-state index contributed by atoms with van der Waals surface area (Å²) < 4.78 is 53.2. The summed E-state index contributed by atoms with van der Waals surface area (Å²) in [6, 6.07) is 2.27. The van der Waals surface area contributed by atoms with Gasteiger partial charge in [-0.1, -0.05) is 6.92 Å². The highest BCUT2D eigenvalue weighted by Crippen LogP contribution is 2.31. The molecule has 0 radical (unpaired) electrons. The lowest BCUT2D eigenvalue weighted by atomic mass is 10.1. The van der Waals surface area contributed by atoms with Gasteiger partial charge in [0, 0.05) is 11.9 Å². The van der Waals surface area contributed by atoms with E-state index in [0.29, 0.717) is 18.2 Å². The van der Waals surface area contributed by atoms with Crippen LogP contribution in [0.5, 0.6) is 0 Å². The average molecular weight is 290 g/mol. The number of aryl methyl sites for hydroxylation is 1. The highest BCUT2D eigenvalue weighted by molar-refractivity contribution is 7.71. The van der Waals surface area contributed by atoms with E-state index in [1.54, 1.807) is 13.1 Å². The molecule has 1 aromatic carbocycles. The molecule has 1 heterocycles. The smallest absolute Gasteiger partial charge is 0.337 e. The molecule has 0 aliphatic carbocycles. The molecule has 0 amide bonds. The molecule has 19 heavy (non-hydrogen) atoms. The van der Waals surface area contributed by atoms with Crippen molar-refractivity contribution < 1.29 is 17.6 Å². The Morgan fingerprint density at radius 3 is 2.58 bits per heavy atom. The molecule has 0 aliphatic rings. The molecule has 0 spiro atoms. The van der Waals surface area contributed by atoms with E-state index in [4.69, 9.17) is 12.2 Å². The van der Waals surface area contributed by atoms with Crippen LogP contribution in [0.25, 0.3) is 5.69 Å². The van der Waals surface area contributed by atoms with Gasteiger partial charge in [-0.3, -0.25) is 4.57 Å². The maximum atomic E-state index is 13.8. The maximum absolute atomic E-state index is 13.8. The number of nitrogens with zero attached hydrogens (tertiary/aromatic N) is 1. The standard InChI is InChI=1S/C12H10F4N2S/c1-2-8-6-17-11(19)18(8)10-5-7(12(14,15)16)3-4-9(10)13/h3-6H,2H2,1H3,(H,17,19). The van der Waals surface area contributed by atoms with E-state index in [9.17, 15) is 17.6 Å². The minimum atomic E-state index is -4.52. The zero-order valence-corrected chi connectivity index (χ0v) is 10.7. The number of aromatic amines is 1. The summed E-state index contributed by atoms with van der Waals surface area (Å²) in [5, 5.41) is 0. The first-order chi connectivity index (χ1) is 8.84. The largest absolute Gasteiger partial charge is 0.416 e. The number of rotatable bonds is 2. The van der Waals surface area contributed by atoms with Gasteiger partial charge in [0.1, 0.15) is 5.82 Å². The molecule has 0 bridgehead atoms.